The van der Waals surface area contributed by atoms with E-state index in [0.717, 1.165) is 12.8 Å². The van der Waals surface area contributed by atoms with Gasteiger partial charge in [0.2, 0.25) is 0 Å². The number of nitrogens with zero attached hydrogens (tertiary/aromatic N) is 1. The molecule has 0 fully saturated rings. The second kappa shape index (κ2) is 3.42. The molecule has 0 bridgehead atoms. The van der Waals surface area contributed by atoms with Gasteiger partial charge in [-0.1, -0.05) is 23.9 Å². The highest BCUT2D eigenvalue weighted by atomic mass is 32.2. The first-order valence-corrected chi connectivity index (χ1v) is 5.22. The lowest BCUT2D eigenvalue weighted by atomic mass is 10.3. The molecule has 1 aromatic rings. The highest BCUT2D eigenvalue weighted by Gasteiger charge is 2.27. The molecule has 0 saturated heterocycles. The SMILES string of the molecule is CCN1c2ccccc2SC1C=O. The van der Waals surface area contributed by atoms with Crippen molar-refractivity contribution in [1.82, 2.24) is 0 Å². The lowest BCUT2D eigenvalue weighted by Crippen LogP contribution is -2.29. The third-order valence-electron chi connectivity index (χ3n) is 2.19. The first-order chi connectivity index (χ1) is 6.36. The summed E-state index contributed by atoms with van der Waals surface area (Å²) in [5.41, 5.74) is 1.19. The third kappa shape index (κ3) is 1.33. The zero-order valence-electron chi connectivity index (χ0n) is 7.43. The smallest absolute Gasteiger partial charge is 0.153 e. The standard InChI is InChI=1S/C10H11NOS/c1-2-11-8-5-3-4-6-9(8)13-10(11)7-12/h3-7,10H,2H2,1H3. The Bertz CT molecular complexity index is 326. The number of aldehydes is 1. The lowest BCUT2D eigenvalue weighted by Gasteiger charge is -2.20. The molecule has 3 heteroatoms. The van der Waals surface area contributed by atoms with Gasteiger partial charge >= 0.3 is 0 Å². The summed E-state index contributed by atoms with van der Waals surface area (Å²) >= 11 is 1.63. The molecule has 2 nitrogen and oxygen atoms in total. The van der Waals surface area contributed by atoms with Crippen molar-refractivity contribution in [3.8, 4) is 0 Å². The van der Waals surface area contributed by atoms with Crippen LogP contribution in [0.5, 0.6) is 0 Å². The van der Waals surface area contributed by atoms with Crippen LogP contribution in [0, 0.1) is 0 Å². The van der Waals surface area contributed by atoms with Gasteiger partial charge in [0, 0.05) is 11.4 Å². The minimum absolute atomic E-state index is 0.0256. The molecule has 1 aromatic carbocycles. The largest absolute Gasteiger partial charge is 0.352 e. The van der Waals surface area contributed by atoms with E-state index < -0.39 is 0 Å². The van der Waals surface area contributed by atoms with Gasteiger partial charge in [0.25, 0.3) is 0 Å². The van der Waals surface area contributed by atoms with Crippen molar-refractivity contribution in [3.63, 3.8) is 0 Å². The van der Waals surface area contributed by atoms with E-state index in [2.05, 4.69) is 24.0 Å². The number of anilines is 1. The van der Waals surface area contributed by atoms with Gasteiger partial charge in [-0.15, -0.1) is 0 Å². The second-order valence-electron chi connectivity index (χ2n) is 2.90. The van der Waals surface area contributed by atoms with E-state index in [-0.39, 0.29) is 5.37 Å². The Morgan fingerprint density at radius 1 is 1.54 bits per heavy atom. The summed E-state index contributed by atoms with van der Waals surface area (Å²) in [5, 5.41) is -0.0256. The highest BCUT2D eigenvalue weighted by molar-refractivity contribution is 8.01. The average molecular weight is 193 g/mol. The van der Waals surface area contributed by atoms with Crippen LogP contribution in [0.25, 0.3) is 0 Å². The maximum atomic E-state index is 10.8. The molecule has 68 valence electrons. The predicted molar refractivity (Wildman–Crippen MR) is 55.2 cm³/mol. The zero-order chi connectivity index (χ0) is 9.26. The normalized spacial score (nSPS) is 20.1. The molecule has 1 unspecified atom stereocenters. The molecule has 1 aliphatic rings. The third-order valence-corrected chi connectivity index (χ3v) is 3.39. The van der Waals surface area contributed by atoms with E-state index in [1.54, 1.807) is 11.8 Å². The minimum atomic E-state index is -0.0256. The summed E-state index contributed by atoms with van der Waals surface area (Å²) in [5.74, 6) is 0. The Hall–Kier alpha value is -0.960. The van der Waals surface area contributed by atoms with Gasteiger partial charge in [-0.2, -0.15) is 0 Å². The van der Waals surface area contributed by atoms with E-state index >= 15 is 0 Å². The summed E-state index contributed by atoms with van der Waals surface area (Å²) < 4.78 is 0. The Balaban J connectivity index is 2.39. The Morgan fingerprint density at radius 2 is 2.31 bits per heavy atom. The molecule has 0 amide bonds. The summed E-state index contributed by atoms with van der Waals surface area (Å²) in [6.45, 7) is 2.95. The topological polar surface area (TPSA) is 20.3 Å². The fourth-order valence-electron chi connectivity index (χ4n) is 1.58. The van der Waals surface area contributed by atoms with Crippen molar-refractivity contribution in [3.05, 3.63) is 24.3 Å². The van der Waals surface area contributed by atoms with Crippen LogP contribution in [-0.2, 0) is 4.79 Å². The van der Waals surface area contributed by atoms with Crippen molar-refractivity contribution < 1.29 is 4.79 Å². The molecule has 0 aromatic heterocycles. The number of thioether (sulfide) groups is 1. The number of benzene rings is 1. The van der Waals surface area contributed by atoms with Gasteiger partial charge in [-0.25, -0.2) is 0 Å². The summed E-state index contributed by atoms with van der Waals surface area (Å²) in [6.07, 6.45) is 1.01. The van der Waals surface area contributed by atoms with Crippen LogP contribution in [0.4, 0.5) is 5.69 Å². The van der Waals surface area contributed by atoms with Crippen LogP contribution in [0.3, 0.4) is 0 Å². The van der Waals surface area contributed by atoms with E-state index in [1.807, 2.05) is 12.1 Å². The molecule has 0 aliphatic carbocycles. The molecule has 1 atom stereocenters. The maximum absolute atomic E-state index is 10.8. The number of carbonyl (C=O) groups is 1. The summed E-state index contributed by atoms with van der Waals surface area (Å²) in [6, 6.07) is 8.14. The van der Waals surface area contributed by atoms with Crippen LogP contribution >= 0.6 is 11.8 Å². The molecule has 0 radical (unpaired) electrons. The number of carbonyl (C=O) groups excluding carboxylic acids is 1. The van der Waals surface area contributed by atoms with E-state index in [1.165, 1.54) is 10.6 Å². The van der Waals surface area contributed by atoms with Crippen LogP contribution in [0.1, 0.15) is 6.92 Å². The highest BCUT2D eigenvalue weighted by Crippen LogP contribution is 2.41. The monoisotopic (exact) mass is 193 g/mol. The van der Waals surface area contributed by atoms with E-state index in [4.69, 9.17) is 0 Å². The molecular weight excluding hydrogens is 182 g/mol. The van der Waals surface area contributed by atoms with Crippen LogP contribution in [0.2, 0.25) is 0 Å². The molecule has 1 heterocycles. The van der Waals surface area contributed by atoms with E-state index in [9.17, 15) is 4.79 Å². The Kier molecular flexibility index (Phi) is 2.27. The molecule has 0 N–H and O–H groups in total. The first-order valence-electron chi connectivity index (χ1n) is 4.34. The molecule has 13 heavy (non-hydrogen) atoms. The second-order valence-corrected chi connectivity index (χ2v) is 4.06. The predicted octanol–water partition coefficient (Wildman–Crippen LogP) is 2.14. The zero-order valence-corrected chi connectivity index (χ0v) is 8.25. The Morgan fingerprint density at radius 3 is 3.00 bits per heavy atom. The number of likely N-dealkylation sites (N-methyl/N-ethyl adjacent to an activating group) is 1. The molecule has 2 rings (SSSR count). The van der Waals surface area contributed by atoms with Crippen LogP contribution < -0.4 is 4.90 Å². The molecule has 0 saturated carbocycles. The van der Waals surface area contributed by atoms with Crippen molar-refractivity contribution in [2.24, 2.45) is 0 Å². The average Bonchev–Trinajstić information content (AvgIpc) is 2.55. The lowest BCUT2D eigenvalue weighted by molar-refractivity contribution is -0.107. The van der Waals surface area contributed by atoms with Gasteiger partial charge in [0.1, 0.15) is 5.37 Å². The quantitative estimate of drug-likeness (QED) is 0.671. The summed E-state index contributed by atoms with van der Waals surface area (Å²) in [7, 11) is 0. The number of hydrogen-bond donors (Lipinski definition) is 0. The molecule has 1 aliphatic heterocycles. The van der Waals surface area contributed by atoms with Gasteiger partial charge < -0.3 is 9.69 Å². The van der Waals surface area contributed by atoms with Crippen LogP contribution in [0.15, 0.2) is 29.2 Å². The number of fused-ring (bicyclic) bond motifs is 1. The van der Waals surface area contributed by atoms with Crippen molar-refractivity contribution in [2.75, 3.05) is 11.4 Å². The number of rotatable bonds is 2. The number of hydrogen-bond acceptors (Lipinski definition) is 3. The van der Waals surface area contributed by atoms with Crippen molar-refractivity contribution in [1.29, 1.82) is 0 Å². The van der Waals surface area contributed by atoms with Crippen molar-refractivity contribution >= 4 is 23.7 Å². The van der Waals surface area contributed by atoms with Gasteiger partial charge in [0.05, 0.1) is 5.69 Å². The fourth-order valence-corrected chi connectivity index (χ4v) is 2.75. The minimum Gasteiger partial charge on any atom is -0.352 e. The van der Waals surface area contributed by atoms with Gasteiger partial charge in [0.15, 0.2) is 6.29 Å². The fraction of sp³-hybridized carbons (Fsp3) is 0.300. The van der Waals surface area contributed by atoms with Crippen molar-refractivity contribution in [2.45, 2.75) is 17.2 Å². The molecule has 0 spiro atoms. The van der Waals surface area contributed by atoms with Gasteiger partial charge in [-0.05, 0) is 19.1 Å². The summed E-state index contributed by atoms with van der Waals surface area (Å²) in [4.78, 5) is 14.1. The first kappa shape index (κ1) is 8.63. The number of para-hydroxylation sites is 1. The van der Waals surface area contributed by atoms with Gasteiger partial charge in [-0.3, -0.25) is 0 Å². The molecular formula is C10H11NOS. The van der Waals surface area contributed by atoms with Crippen LogP contribution in [-0.4, -0.2) is 18.2 Å². The van der Waals surface area contributed by atoms with E-state index in [0.29, 0.717) is 0 Å². The maximum Gasteiger partial charge on any atom is 0.153 e. The Labute approximate surface area is 81.9 Å².